The van der Waals surface area contributed by atoms with Crippen molar-refractivity contribution in [3.63, 3.8) is 0 Å². The number of esters is 1. The van der Waals surface area contributed by atoms with Crippen molar-refractivity contribution in [1.82, 2.24) is 10.9 Å². The van der Waals surface area contributed by atoms with Gasteiger partial charge >= 0.3 is 5.97 Å². The second-order valence-electron chi connectivity index (χ2n) is 6.00. The third-order valence-corrected chi connectivity index (χ3v) is 5.31. The Morgan fingerprint density at radius 1 is 1.26 bits per heavy atom. The van der Waals surface area contributed by atoms with Crippen LogP contribution >= 0.6 is 31.9 Å². The number of rotatable bonds is 5. The summed E-state index contributed by atoms with van der Waals surface area (Å²) in [5.74, 6) is -0.477. The maximum Gasteiger partial charge on any atom is 0.325 e. The summed E-state index contributed by atoms with van der Waals surface area (Å²) in [5, 5.41) is 10.2. The van der Waals surface area contributed by atoms with Crippen LogP contribution in [0.5, 0.6) is 5.75 Å². The van der Waals surface area contributed by atoms with Crippen LogP contribution in [0.1, 0.15) is 24.0 Å². The van der Waals surface area contributed by atoms with E-state index in [9.17, 15) is 9.90 Å². The van der Waals surface area contributed by atoms with E-state index in [-0.39, 0.29) is 17.6 Å². The molecule has 142 valence electrons. The first-order valence-electron chi connectivity index (χ1n) is 8.45. The van der Waals surface area contributed by atoms with Crippen molar-refractivity contribution in [3.05, 3.63) is 62.5 Å². The minimum absolute atomic E-state index is 0.103. The van der Waals surface area contributed by atoms with Crippen molar-refractivity contribution in [2.45, 2.75) is 25.0 Å². The van der Waals surface area contributed by atoms with Crippen molar-refractivity contribution < 1.29 is 14.6 Å². The molecule has 0 aromatic heterocycles. The molecule has 1 heterocycles. The molecule has 0 radical (unpaired) electrons. The molecule has 3 rings (SSSR count). The molecule has 3 atom stereocenters. The zero-order valence-corrected chi connectivity index (χ0v) is 17.7. The van der Waals surface area contributed by atoms with Gasteiger partial charge in [0.05, 0.1) is 11.1 Å². The van der Waals surface area contributed by atoms with Gasteiger partial charge in [-0.05, 0) is 40.5 Å². The Morgan fingerprint density at radius 3 is 2.70 bits per heavy atom. The Labute approximate surface area is 174 Å². The van der Waals surface area contributed by atoms with Crippen LogP contribution in [-0.2, 0) is 9.53 Å². The lowest BCUT2D eigenvalue weighted by molar-refractivity contribution is -0.145. The number of hydrogen-bond donors (Lipinski definition) is 3. The summed E-state index contributed by atoms with van der Waals surface area (Å²) in [4.78, 5) is 16.9. The molecule has 0 saturated carbocycles. The highest BCUT2D eigenvalue weighted by atomic mass is 79.9. The van der Waals surface area contributed by atoms with Gasteiger partial charge in [-0.15, -0.1) is 0 Å². The van der Waals surface area contributed by atoms with Gasteiger partial charge in [0.2, 0.25) is 0 Å². The Balaban J connectivity index is 1.91. The van der Waals surface area contributed by atoms with Crippen LogP contribution < -0.4 is 10.9 Å². The van der Waals surface area contributed by atoms with Gasteiger partial charge in [-0.1, -0.05) is 46.3 Å². The molecule has 1 saturated heterocycles. The molecule has 1 aliphatic rings. The number of halogens is 2. The van der Waals surface area contributed by atoms with Gasteiger partial charge in [-0.2, -0.15) is 0 Å². The second-order valence-corrected chi connectivity index (χ2v) is 7.77. The molecule has 2 aromatic rings. The topological polar surface area (TPSA) is 83.0 Å². The van der Waals surface area contributed by atoms with Gasteiger partial charge < -0.3 is 9.84 Å². The molecule has 1 aliphatic heterocycles. The molecule has 3 unspecified atom stereocenters. The maximum absolute atomic E-state index is 12.4. The summed E-state index contributed by atoms with van der Waals surface area (Å²) in [7, 11) is 0. The SMILES string of the molecule is CCOC(=O)C1NNC(/N=C/c2cc(Br)cc(Br)c2O)C1c1ccccc1. The molecular formula is C19H19Br2N3O3. The molecule has 3 N–H and O–H groups in total. The van der Waals surface area contributed by atoms with Crippen LogP contribution in [0.2, 0.25) is 0 Å². The Kier molecular flexibility index (Phi) is 6.64. The number of ether oxygens (including phenoxy) is 1. The molecule has 0 spiro atoms. The summed E-state index contributed by atoms with van der Waals surface area (Å²) in [6.07, 6.45) is 1.19. The normalized spacial score (nSPS) is 22.3. The lowest BCUT2D eigenvalue weighted by atomic mass is 9.90. The molecule has 27 heavy (non-hydrogen) atoms. The van der Waals surface area contributed by atoms with Crippen LogP contribution in [-0.4, -0.2) is 36.1 Å². The standard InChI is InChI=1S/C19H19Br2N3O3/c1-2-27-19(26)16-15(11-6-4-3-5-7-11)18(24-23-16)22-10-12-8-13(20)9-14(21)17(12)25/h3-10,15-16,18,23-25H,2H2,1H3/b22-10+. The molecule has 0 bridgehead atoms. The molecule has 8 heteroatoms. The average Bonchev–Trinajstić information content (AvgIpc) is 3.08. The van der Waals surface area contributed by atoms with Gasteiger partial charge in [0.25, 0.3) is 0 Å². The average molecular weight is 497 g/mol. The monoisotopic (exact) mass is 495 g/mol. The van der Waals surface area contributed by atoms with E-state index in [0.29, 0.717) is 16.6 Å². The van der Waals surface area contributed by atoms with E-state index in [1.54, 1.807) is 25.3 Å². The van der Waals surface area contributed by atoms with Gasteiger partial charge in [0.1, 0.15) is 18.0 Å². The molecule has 2 aromatic carbocycles. The first-order chi connectivity index (χ1) is 13.0. The predicted molar refractivity (Wildman–Crippen MR) is 111 cm³/mol. The van der Waals surface area contributed by atoms with E-state index in [0.717, 1.165) is 10.0 Å². The van der Waals surface area contributed by atoms with Crippen molar-refractivity contribution in [3.8, 4) is 5.75 Å². The second kappa shape index (κ2) is 8.97. The summed E-state index contributed by atoms with van der Waals surface area (Å²) in [6.45, 7) is 2.09. The van der Waals surface area contributed by atoms with Gasteiger partial charge in [0.15, 0.2) is 0 Å². The zero-order chi connectivity index (χ0) is 19.4. The van der Waals surface area contributed by atoms with Crippen molar-refractivity contribution in [2.24, 2.45) is 4.99 Å². The number of phenolic OH excluding ortho intramolecular Hbond substituents is 1. The van der Waals surface area contributed by atoms with E-state index >= 15 is 0 Å². The summed E-state index contributed by atoms with van der Waals surface area (Å²) in [6, 6.07) is 12.7. The smallest absolute Gasteiger partial charge is 0.325 e. The predicted octanol–water partition coefficient (Wildman–Crippen LogP) is 3.49. The highest BCUT2D eigenvalue weighted by Gasteiger charge is 2.41. The highest BCUT2D eigenvalue weighted by Crippen LogP contribution is 2.32. The number of aliphatic imine (C=N–C) groups is 1. The van der Waals surface area contributed by atoms with Gasteiger partial charge in [-0.25, -0.2) is 10.9 Å². The van der Waals surface area contributed by atoms with Crippen LogP contribution in [0.4, 0.5) is 0 Å². The lowest BCUT2D eigenvalue weighted by Gasteiger charge is -2.20. The number of nitrogens with zero attached hydrogens (tertiary/aromatic N) is 1. The Hall–Kier alpha value is -1.74. The maximum atomic E-state index is 12.4. The number of carbonyl (C=O) groups is 1. The number of phenols is 1. The fourth-order valence-electron chi connectivity index (χ4n) is 3.00. The van der Waals surface area contributed by atoms with E-state index in [4.69, 9.17) is 4.74 Å². The quantitative estimate of drug-likeness (QED) is 0.436. The van der Waals surface area contributed by atoms with Crippen molar-refractivity contribution in [1.29, 1.82) is 0 Å². The number of hydrogen-bond acceptors (Lipinski definition) is 6. The van der Waals surface area contributed by atoms with Crippen LogP contribution in [0.15, 0.2) is 56.4 Å². The van der Waals surface area contributed by atoms with E-state index < -0.39 is 12.2 Å². The fourth-order valence-corrected chi connectivity index (χ4v) is 4.26. The fraction of sp³-hybridized carbons (Fsp3) is 0.263. The number of aromatic hydroxyl groups is 1. The molecule has 6 nitrogen and oxygen atoms in total. The van der Waals surface area contributed by atoms with E-state index in [1.165, 1.54) is 0 Å². The number of nitrogens with one attached hydrogen (secondary N) is 2. The van der Waals surface area contributed by atoms with Crippen LogP contribution in [0.3, 0.4) is 0 Å². The molecule has 0 amide bonds. The van der Waals surface area contributed by atoms with Crippen molar-refractivity contribution >= 4 is 44.0 Å². The number of benzene rings is 2. The Morgan fingerprint density at radius 2 is 2.00 bits per heavy atom. The first-order valence-corrected chi connectivity index (χ1v) is 10.0. The third kappa shape index (κ3) is 4.57. The first kappa shape index (κ1) is 20.0. The summed E-state index contributed by atoms with van der Waals surface area (Å²) < 4.78 is 6.58. The van der Waals surface area contributed by atoms with Crippen LogP contribution in [0.25, 0.3) is 0 Å². The molecule has 0 aliphatic carbocycles. The summed E-state index contributed by atoms with van der Waals surface area (Å²) >= 11 is 6.72. The minimum atomic E-state index is -0.558. The van der Waals surface area contributed by atoms with Crippen molar-refractivity contribution in [2.75, 3.05) is 6.61 Å². The zero-order valence-electron chi connectivity index (χ0n) is 14.5. The number of carbonyl (C=O) groups excluding carboxylic acids is 1. The molecular weight excluding hydrogens is 478 g/mol. The van der Waals surface area contributed by atoms with Crippen LogP contribution in [0, 0.1) is 0 Å². The lowest BCUT2D eigenvalue weighted by Crippen LogP contribution is -2.39. The number of hydrazine groups is 1. The Bertz CT molecular complexity index is 846. The minimum Gasteiger partial charge on any atom is -0.506 e. The summed E-state index contributed by atoms with van der Waals surface area (Å²) in [5.41, 5.74) is 7.58. The highest BCUT2D eigenvalue weighted by molar-refractivity contribution is 9.11. The van der Waals surface area contributed by atoms with Gasteiger partial charge in [0, 0.05) is 22.2 Å². The van der Waals surface area contributed by atoms with E-state index in [1.807, 2.05) is 30.3 Å². The largest absolute Gasteiger partial charge is 0.506 e. The van der Waals surface area contributed by atoms with Gasteiger partial charge in [-0.3, -0.25) is 9.79 Å². The van der Waals surface area contributed by atoms with E-state index in [2.05, 4.69) is 47.7 Å². The third-order valence-electron chi connectivity index (χ3n) is 4.24. The molecule has 1 fully saturated rings.